The number of likely N-dealkylation sites (tertiary alicyclic amines) is 1. The monoisotopic (exact) mass is 458 g/mol. The summed E-state index contributed by atoms with van der Waals surface area (Å²) < 4.78 is 5.36. The van der Waals surface area contributed by atoms with Crippen molar-refractivity contribution < 1.29 is 19.4 Å². The van der Waals surface area contributed by atoms with Gasteiger partial charge in [0.15, 0.2) is 0 Å². The summed E-state index contributed by atoms with van der Waals surface area (Å²) in [6, 6.07) is 3.53. The van der Waals surface area contributed by atoms with E-state index in [-0.39, 0.29) is 5.91 Å². The molecule has 2 fully saturated rings. The van der Waals surface area contributed by atoms with Gasteiger partial charge in [0, 0.05) is 38.5 Å². The lowest BCUT2D eigenvalue weighted by atomic mass is 9.81. The number of nitrogens with one attached hydrogen (secondary N) is 2. The van der Waals surface area contributed by atoms with Crippen LogP contribution < -0.4 is 10.6 Å². The molecule has 4 rings (SSSR count). The van der Waals surface area contributed by atoms with Crippen LogP contribution >= 0.6 is 0 Å². The molecule has 0 aliphatic carbocycles. The molecule has 3 aliphatic heterocycles. The summed E-state index contributed by atoms with van der Waals surface area (Å²) in [7, 11) is 0. The van der Waals surface area contributed by atoms with E-state index in [0.29, 0.717) is 44.9 Å². The Bertz CT molecular complexity index is 840. The number of carbonyl (C=O) groups is 2. The van der Waals surface area contributed by atoms with Gasteiger partial charge in [0.25, 0.3) is 0 Å². The summed E-state index contributed by atoms with van der Waals surface area (Å²) in [5.74, 6) is 0.546. The van der Waals surface area contributed by atoms with Crippen LogP contribution in [0.5, 0.6) is 0 Å². The molecule has 2 atom stereocenters. The summed E-state index contributed by atoms with van der Waals surface area (Å²) in [5.41, 5.74) is 1.94. The Labute approximate surface area is 196 Å². The van der Waals surface area contributed by atoms with Gasteiger partial charge in [-0.3, -0.25) is 4.79 Å². The Morgan fingerprint density at radius 1 is 1.36 bits per heavy atom. The number of pyridine rings is 1. The van der Waals surface area contributed by atoms with Crippen LogP contribution in [0.1, 0.15) is 56.7 Å². The van der Waals surface area contributed by atoms with Crippen LogP contribution in [-0.4, -0.2) is 72.3 Å². The molecule has 0 spiro atoms. The molecule has 0 aromatic carbocycles. The molecule has 3 aliphatic rings. The molecule has 8 nitrogen and oxygen atoms in total. The third-order valence-corrected chi connectivity index (χ3v) is 7.61. The minimum Gasteiger partial charge on any atom is -0.480 e. The molecular weight excluding hydrogens is 420 g/mol. The second-order valence-corrected chi connectivity index (χ2v) is 10.2. The predicted octanol–water partition coefficient (Wildman–Crippen LogP) is 2.47. The molecule has 0 unspecified atom stereocenters. The highest BCUT2D eigenvalue weighted by molar-refractivity contribution is 5.87. The van der Waals surface area contributed by atoms with E-state index in [1.54, 1.807) is 0 Å². The first kappa shape index (κ1) is 24.0. The number of aromatic nitrogens is 1. The molecule has 0 radical (unpaired) electrons. The van der Waals surface area contributed by atoms with Crippen LogP contribution in [0.4, 0.5) is 5.82 Å². The molecule has 1 aromatic heterocycles. The van der Waals surface area contributed by atoms with Gasteiger partial charge < -0.3 is 25.4 Å². The van der Waals surface area contributed by atoms with E-state index >= 15 is 0 Å². The quantitative estimate of drug-likeness (QED) is 0.522. The Hall–Kier alpha value is -2.19. The van der Waals surface area contributed by atoms with Crippen molar-refractivity contribution in [1.82, 2.24) is 15.2 Å². The Morgan fingerprint density at radius 3 is 2.97 bits per heavy atom. The van der Waals surface area contributed by atoms with E-state index in [0.717, 1.165) is 56.8 Å². The van der Waals surface area contributed by atoms with E-state index in [1.807, 2.05) is 6.92 Å². The molecule has 1 amide bonds. The lowest BCUT2D eigenvalue weighted by Crippen LogP contribution is -2.50. The van der Waals surface area contributed by atoms with E-state index < -0.39 is 17.4 Å². The van der Waals surface area contributed by atoms with Crippen LogP contribution in [0.15, 0.2) is 12.1 Å². The van der Waals surface area contributed by atoms with Crippen molar-refractivity contribution in [2.24, 2.45) is 11.3 Å². The number of aryl methyl sites for hydroxylation is 2. The van der Waals surface area contributed by atoms with Crippen molar-refractivity contribution in [3.63, 3.8) is 0 Å². The molecule has 33 heavy (non-hydrogen) atoms. The number of nitrogens with zero attached hydrogens (tertiary/aromatic N) is 2. The standard InChI is InChI=1S/C25H38N4O4/c1-25(10-15-33-16-11-25)24(32)28-21(23(30)31)9-14-29-13-8-18(17-29)4-6-20-7-5-19-3-2-12-26-22(19)27-20/h5,7,18,21H,2-4,6,8-17H2,1H3,(H,26,27)(H,28,32)(H,30,31)/t18-,21-/m0/s1. The first-order valence-electron chi connectivity index (χ1n) is 12.5. The van der Waals surface area contributed by atoms with Gasteiger partial charge in [-0.1, -0.05) is 13.0 Å². The number of fused-ring (bicyclic) bond motifs is 1. The minimum atomic E-state index is -0.957. The number of carboxylic acids is 1. The molecule has 182 valence electrons. The average molecular weight is 459 g/mol. The Balaban J connectivity index is 1.21. The van der Waals surface area contributed by atoms with Gasteiger partial charge in [0.1, 0.15) is 11.9 Å². The third-order valence-electron chi connectivity index (χ3n) is 7.61. The second kappa shape index (κ2) is 10.8. The van der Waals surface area contributed by atoms with E-state index in [4.69, 9.17) is 9.72 Å². The summed E-state index contributed by atoms with van der Waals surface area (Å²) in [5, 5.41) is 15.9. The molecule has 2 saturated heterocycles. The van der Waals surface area contributed by atoms with Gasteiger partial charge in [-0.05, 0) is 75.5 Å². The van der Waals surface area contributed by atoms with Crippen molar-refractivity contribution in [2.75, 3.05) is 44.7 Å². The lowest BCUT2D eigenvalue weighted by molar-refractivity contribution is -0.145. The Kier molecular flexibility index (Phi) is 7.86. The van der Waals surface area contributed by atoms with Crippen molar-refractivity contribution >= 4 is 17.7 Å². The highest BCUT2D eigenvalue weighted by atomic mass is 16.5. The van der Waals surface area contributed by atoms with Crippen molar-refractivity contribution in [2.45, 2.75) is 64.3 Å². The number of carboxylic acid groups (broad SMARTS) is 1. The highest BCUT2D eigenvalue weighted by Gasteiger charge is 2.37. The fourth-order valence-electron chi connectivity index (χ4n) is 5.16. The van der Waals surface area contributed by atoms with Crippen molar-refractivity contribution in [1.29, 1.82) is 0 Å². The molecular formula is C25H38N4O4. The molecule has 3 N–H and O–H groups in total. The molecule has 1 aromatic rings. The number of aliphatic carboxylic acids is 1. The zero-order valence-electron chi connectivity index (χ0n) is 19.8. The maximum absolute atomic E-state index is 12.7. The third kappa shape index (κ3) is 6.23. The molecule has 8 heteroatoms. The topological polar surface area (TPSA) is 104 Å². The van der Waals surface area contributed by atoms with Crippen LogP contribution in [0.2, 0.25) is 0 Å². The van der Waals surface area contributed by atoms with Crippen LogP contribution in [0.25, 0.3) is 0 Å². The SMILES string of the molecule is CC1(C(=O)N[C@@H](CCN2CC[C@H](CCc3ccc4c(n3)NCCC4)C2)C(=O)O)CCOCC1. The Morgan fingerprint density at radius 2 is 2.18 bits per heavy atom. The van der Waals surface area contributed by atoms with Crippen LogP contribution in [0.3, 0.4) is 0 Å². The number of rotatable bonds is 9. The average Bonchev–Trinajstić information content (AvgIpc) is 3.28. The summed E-state index contributed by atoms with van der Waals surface area (Å²) >= 11 is 0. The maximum Gasteiger partial charge on any atom is 0.326 e. The van der Waals surface area contributed by atoms with Crippen LogP contribution in [-0.2, 0) is 27.2 Å². The fraction of sp³-hybridized carbons (Fsp3) is 0.720. The highest BCUT2D eigenvalue weighted by Crippen LogP contribution is 2.30. The smallest absolute Gasteiger partial charge is 0.326 e. The van der Waals surface area contributed by atoms with Gasteiger partial charge in [0.05, 0.1) is 5.41 Å². The summed E-state index contributed by atoms with van der Waals surface area (Å²) in [6.07, 6.45) is 7.18. The minimum absolute atomic E-state index is 0.162. The number of amides is 1. The number of ether oxygens (including phenoxy) is 1. The summed E-state index contributed by atoms with van der Waals surface area (Å²) in [6.45, 7) is 6.67. The first-order valence-corrected chi connectivity index (χ1v) is 12.5. The van der Waals surface area contributed by atoms with Crippen LogP contribution in [0, 0.1) is 11.3 Å². The molecule has 4 heterocycles. The van der Waals surface area contributed by atoms with Crippen molar-refractivity contribution in [3.05, 3.63) is 23.4 Å². The zero-order valence-corrected chi connectivity index (χ0v) is 19.8. The second-order valence-electron chi connectivity index (χ2n) is 10.2. The molecule has 0 bridgehead atoms. The molecule has 0 saturated carbocycles. The normalized spacial score (nSPS) is 23.4. The van der Waals surface area contributed by atoms with E-state index in [2.05, 4.69) is 27.7 Å². The lowest BCUT2D eigenvalue weighted by Gasteiger charge is -2.33. The van der Waals surface area contributed by atoms with Gasteiger partial charge in [0.2, 0.25) is 5.91 Å². The number of anilines is 1. The van der Waals surface area contributed by atoms with Crippen molar-refractivity contribution in [3.8, 4) is 0 Å². The number of carbonyl (C=O) groups excluding carboxylic acids is 1. The fourth-order valence-corrected chi connectivity index (χ4v) is 5.16. The number of hydrogen-bond acceptors (Lipinski definition) is 6. The largest absolute Gasteiger partial charge is 0.480 e. The van der Waals surface area contributed by atoms with Gasteiger partial charge >= 0.3 is 5.97 Å². The number of hydrogen-bond donors (Lipinski definition) is 3. The zero-order chi connectivity index (χ0) is 23.3. The van der Waals surface area contributed by atoms with Gasteiger partial charge in [-0.15, -0.1) is 0 Å². The first-order chi connectivity index (χ1) is 15.9. The maximum atomic E-state index is 12.7. The summed E-state index contributed by atoms with van der Waals surface area (Å²) in [4.78, 5) is 31.7. The van der Waals surface area contributed by atoms with E-state index in [9.17, 15) is 14.7 Å². The van der Waals surface area contributed by atoms with E-state index in [1.165, 1.54) is 12.0 Å². The van der Waals surface area contributed by atoms with Gasteiger partial charge in [-0.25, -0.2) is 9.78 Å². The van der Waals surface area contributed by atoms with Gasteiger partial charge in [-0.2, -0.15) is 0 Å². The predicted molar refractivity (Wildman–Crippen MR) is 126 cm³/mol.